The fourth-order valence-corrected chi connectivity index (χ4v) is 1.63. The molecule has 17 heavy (non-hydrogen) atoms. The molecule has 0 unspecified atom stereocenters. The Morgan fingerprint density at radius 1 is 1.24 bits per heavy atom. The maximum absolute atomic E-state index is 5.86. The summed E-state index contributed by atoms with van der Waals surface area (Å²) in [6, 6.07) is 7.54. The fraction of sp³-hybridized carbons (Fsp3) is 0.167. The van der Waals surface area contributed by atoms with Crippen LogP contribution in [0.25, 0.3) is 11.3 Å². The van der Waals surface area contributed by atoms with Gasteiger partial charge < -0.3 is 11.1 Å². The zero-order chi connectivity index (χ0) is 12.1. The van der Waals surface area contributed by atoms with Crippen molar-refractivity contribution in [3.63, 3.8) is 0 Å². The highest BCUT2D eigenvalue weighted by atomic mass is 35.5. The van der Waals surface area contributed by atoms with Gasteiger partial charge in [-0.25, -0.2) is 9.97 Å². The third-order valence-corrected chi connectivity index (χ3v) is 2.54. The molecule has 4 nitrogen and oxygen atoms in total. The normalized spacial score (nSPS) is 10.2. The van der Waals surface area contributed by atoms with Crippen LogP contribution < -0.4 is 11.1 Å². The van der Waals surface area contributed by atoms with Crippen molar-refractivity contribution in [1.29, 1.82) is 0 Å². The molecular formula is C12H13ClN4. The molecule has 0 radical (unpaired) electrons. The van der Waals surface area contributed by atoms with Gasteiger partial charge in [0.25, 0.3) is 0 Å². The van der Waals surface area contributed by atoms with Crippen molar-refractivity contribution in [2.24, 2.45) is 5.73 Å². The van der Waals surface area contributed by atoms with Crippen molar-refractivity contribution in [3.8, 4) is 11.3 Å². The molecule has 0 aliphatic rings. The van der Waals surface area contributed by atoms with Crippen molar-refractivity contribution in [2.75, 3.05) is 18.4 Å². The summed E-state index contributed by atoms with van der Waals surface area (Å²) >= 11 is 5.86. The van der Waals surface area contributed by atoms with Gasteiger partial charge in [-0.2, -0.15) is 0 Å². The second kappa shape index (κ2) is 5.61. The number of nitrogens with zero attached hydrogens (tertiary/aromatic N) is 2. The van der Waals surface area contributed by atoms with Crippen LogP contribution in [-0.2, 0) is 0 Å². The van der Waals surface area contributed by atoms with E-state index in [1.54, 1.807) is 6.20 Å². The van der Waals surface area contributed by atoms with E-state index in [-0.39, 0.29) is 0 Å². The van der Waals surface area contributed by atoms with Gasteiger partial charge in [0.15, 0.2) is 0 Å². The molecule has 1 heterocycles. The maximum atomic E-state index is 5.86. The summed E-state index contributed by atoms with van der Waals surface area (Å²) < 4.78 is 0. The Morgan fingerprint density at radius 2 is 2.00 bits per heavy atom. The number of benzene rings is 1. The Bertz CT molecular complexity index is 484. The van der Waals surface area contributed by atoms with Crippen LogP contribution in [0, 0.1) is 0 Å². The van der Waals surface area contributed by atoms with Gasteiger partial charge in [-0.15, -0.1) is 0 Å². The maximum Gasteiger partial charge on any atom is 0.116 e. The van der Waals surface area contributed by atoms with Gasteiger partial charge >= 0.3 is 0 Å². The molecule has 0 aliphatic heterocycles. The van der Waals surface area contributed by atoms with E-state index in [1.807, 2.05) is 24.3 Å². The van der Waals surface area contributed by atoms with Gasteiger partial charge in [-0.3, -0.25) is 0 Å². The number of halogens is 1. The highest BCUT2D eigenvalue weighted by molar-refractivity contribution is 6.30. The Morgan fingerprint density at radius 3 is 2.71 bits per heavy atom. The van der Waals surface area contributed by atoms with Gasteiger partial charge in [-0.1, -0.05) is 23.7 Å². The molecule has 2 rings (SSSR count). The number of aromatic nitrogens is 2. The molecule has 2 aromatic rings. The zero-order valence-corrected chi connectivity index (χ0v) is 9.98. The van der Waals surface area contributed by atoms with E-state index in [9.17, 15) is 0 Å². The monoisotopic (exact) mass is 248 g/mol. The molecule has 0 fully saturated rings. The summed E-state index contributed by atoms with van der Waals surface area (Å²) in [4.78, 5) is 8.27. The van der Waals surface area contributed by atoms with Crippen LogP contribution in [0.1, 0.15) is 0 Å². The first-order valence-corrected chi connectivity index (χ1v) is 5.69. The lowest BCUT2D eigenvalue weighted by atomic mass is 10.1. The van der Waals surface area contributed by atoms with E-state index in [1.165, 1.54) is 6.33 Å². The number of hydrogen-bond donors (Lipinski definition) is 2. The first-order chi connectivity index (χ1) is 8.31. The average molecular weight is 249 g/mol. The summed E-state index contributed by atoms with van der Waals surface area (Å²) in [5.74, 6) is 0. The Hall–Kier alpha value is -1.65. The predicted molar refractivity (Wildman–Crippen MR) is 70.0 cm³/mol. The Balaban J connectivity index is 2.33. The number of hydrogen-bond acceptors (Lipinski definition) is 4. The average Bonchev–Trinajstić information content (AvgIpc) is 2.38. The second-order valence-corrected chi connectivity index (χ2v) is 3.94. The van der Waals surface area contributed by atoms with E-state index in [0.29, 0.717) is 18.1 Å². The topological polar surface area (TPSA) is 63.8 Å². The third-order valence-electron chi connectivity index (χ3n) is 2.29. The molecule has 0 amide bonds. The summed E-state index contributed by atoms with van der Waals surface area (Å²) in [6.45, 7) is 1.25. The van der Waals surface area contributed by atoms with Crippen molar-refractivity contribution in [3.05, 3.63) is 41.8 Å². The fourth-order valence-electron chi connectivity index (χ4n) is 1.50. The third kappa shape index (κ3) is 2.93. The van der Waals surface area contributed by atoms with E-state index in [4.69, 9.17) is 17.3 Å². The van der Waals surface area contributed by atoms with Crippen LogP contribution in [0.5, 0.6) is 0 Å². The minimum atomic E-state index is 0.564. The highest BCUT2D eigenvalue weighted by Gasteiger charge is 2.05. The van der Waals surface area contributed by atoms with Crippen LogP contribution in [0.15, 0.2) is 36.8 Å². The second-order valence-electron chi connectivity index (χ2n) is 3.51. The molecule has 0 saturated heterocycles. The number of nitrogens with two attached hydrogens (primary N) is 1. The molecule has 5 heteroatoms. The summed E-state index contributed by atoms with van der Waals surface area (Å²) in [6.07, 6.45) is 3.27. The Labute approximate surface area is 105 Å². The molecule has 0 bridgehead atoms. The molecule has 88 valence electrons. The summed E-state index contributed by atoms with van der Waals surface area (Å²) in [5.41, 5.74) is 8.19. The minimum Gasteiger partial charge on any atom is -0.381 e. The Kier molecular flexibility index (Phi) is 3.90. The van der Waals surface area contributed by atoms with E-state index in [0.717, 1.165) is 16.9 Å². The van der Waals surface area contributed by atoms with Crippen molar-refractivity contribution in [1.82, 2.24) is 9.97 Å². The largest absolute Gasteiger partial charge is 0.381 e. The van der Waals surface area contributed by atoms with Crippen LogP contribution in [0.2, 0.25) is 5.02 Å². The van der Waals surface area contributed by atoms with Gasteiger partial charge in [-0.05, 0) is 12.1 Å². The predicted octanol–water partition coefficient (Wildman–Crippen LogP) is 2.17. The standard InChI is InChI=1S/C12H13ClN4/c13-10-3-1-9(2-4-10)12-11(16-6-5-14)7-15-8-17-12/h1-4,7-8,16H,5-6,14H2. The molecule has 0 atom stereocenters. The lowest BCUT2D eigenvalue weighted by Gasteiger charge is -2.09. The lowest BCUT2D eigenvalue weighted by molar-refractivity contribution is 1.02. The van der Waals surface area contributed by atoms with Crippen LogP contribution in [-0.4, -0.2) is 23.1 Å². The van der Waals surface area contributed by atoms with Gasteiger partial charge in [0, 0.05) is 23.7 Å². The van der Waals surface area contributed by atoms with Gasteiger partial charge in [0.2, 0.25) is 0 Å². The number of rotatable bonds is 4. The minimum absolute atomic E-state index is 0.564. The van der Waals surface area contributed by atoms with Gasteiger partial charge in [0.1, 0.15) is 6.33 Å². The van der Waals surface area contributed by atoms with Crippen molar-refractivity contribution >= 4 is 17.3 Å². The smallest absolute Gasteiger partial charge is 0.116 e. The molecule has 1 aromatic heterocycles. The summed E-state index contributed by atoms with van der Waals surface area (Å²) in [5, 5.41) is 3.90. The SMILES string of the molecule is NCCNc1cncnc1-c1ccc(Cl)cc1. The van der Waals surface area contributed by atoms with Crippen molar-refractivity contribution in [2.45, 2.75) is 0 Å². The number of anilines is 1. The summed E-state index contributed by atoms with van der Waals surface area (Å²) in [7, 11) is 0. The van der Waals surface area contributed by atoms with Crippen LogP contribution in [0.3, 0.4) is 0 Å². The quantitative estimate of drug-likeness (QED) is 0.871. The molecule has 1 aromatic carbocycles. The van der Waals surface area contributed by atoms with E-state index >= 15 is 0 Å². The lowest BCUT2D eigenvalue weighted by Crippen LogP contribution is -2.14. The molecule has 0 aliphatic carbocycles. The van der Waals surface area contributed by atoms with Crippen LogP contribution >= 0.6 is 11.6 Å². The first kappa shape index (κ1) is 11.8. The van der Waals surface area contributed by atoms with E-state index in [2.05, 4.69) is 15.3 Å². The van der Waals surface area contributed by atoms with Crippen LogP contribution in [0.4, 0.5) is 5.69 Å². The molecule has 0 saturated carbocycles. The molecule has 3 N–H and O–H groups in total. The highest BCUT2D eigenvalue weighted by Crippen LogP contribution is 2.25. The van der Waals surface area contributed by atoms with E-state index < -0.39 is 0 Å². The molecule has 0 spiro atoms. The number of nitrogens with one attached hydrogen (secondary N) is 1. The van der Waals surface area contributed by atoms with Crippen molar-refractivity contribution < 1.29 is 0 Å². The zero-order valence-electron chi connectivity index (χ0n) is 9.23. The van der Waals surface area contributed by atoms with Gasteiger partial charge in [0.05, 0.1) is 17.6 Å². The first-order valence-electron chi connectivity index (χ1n) is 5.31. The molecular weight excluding hydrogens is 236 g/mol.